The van der Waals surface area contributed by atoms with E-state index in [0.717, 1.165) is 0 Å². The summed E-state index contributed by atoms with van der Waals surface area (Å²) in [6.45, 7) is 3.70. The first kappa shape index (κ1) is 19.5. The van der Waals surface area contributed by atoms with Gasteiger partial charge in [0.2, 0.25) is 0 Å². The van der Waals surface area contributed by atoms with E-state index in [1.807, 2.05) is 0 Å². The van der Waals surface area contributed by atoms with Gasteiger partial charge in [0, 0.05) is 22.7 Å². The predicted molar refractivity (Wildman–Crippen MR) is 104 cm³/mol. The van der Waals surface area contributed by atoms with Crippen LogP contribution in [0.25, 0.3) is 17.4 Å². The Balaban J connectivity index is 1.94. The van der Waals surface area contributed by atoms with Gasteiger partial charge in [-0.2, -0.15) is 0 Å². The number of carboxylic acids is 1. The van der Waals surface area contributed by atoms with Crippen molar-refractivity contribution in [3.8, 4) is 11.3 Å². The third-order valence-electron chi connectivity index (χ3n) is 3.88. The van der Waals surface area contributed by atoms with Gasteiger partial charge in [0.1, 0.15) is 17.1 Å². The number of amides is 2. The lowest BCUT2D eigenvalue weighted by Crippen LogP contribution is -2.53. The molecule has 28 heavy (non-hydrogen) atoms. The Hall–Kier alpha value is -3.23. The van der Waals surface area contributed by atoms with Crippen LogP contribution in [0.3, 0.4) is 0 Å². The Labute approximate surface area is 169 Å². The van der Waals surface area contributed by atoms with Crippen LogP contribution in [0, 0.1) is 0 Å². The minimum atomic E-state index is -1.41. The summed E-state index contributed by atoms with van der Waals surface area (Å²) in [6.07, 6.45) is 2.77. The molecule has 2 aromatic rings. The fraction of sp³-hybridized carbons (Fsp3) is 0.0526. The van der Waals surface area contributed by atoms with E-state index < -0.39 is 17.8 Å². The minimum absolute atomic E-state index is 0.00292. The van der Waals surface area contributed by atoms with Crippen LogP contribution in [0.5, 0.6) is 0 Å². The van der Waals surface area contributed by atoms with Gasteiger partial charge in [-0.15, -0.1) is 6.58 Å². The van der Waals surface area contributed by atoms with Gasteiger partial charge < -0.3 is 14.3 Å². The average molecular weight is 416 g/mol. The fourth-order valence-electron chi connectivity index (χ4n) is 2.55. The van der Waals surface area contributed by atoms with Gasteiger partial charge in [0.25, 0.3) is 11.8 Å². The summed E-state index contributed by atoms with van der Waals surface area (Å²) in [5.41, 5.74) is 0.121. The summed E-state index contributed by atoms with van der Waals surface area (Å²) in [5, 5.41) is 13.6. The van der Waals surface area contributed by atoms with Gasteiger partial charge in [-0.3, -0.25) is 19.8 Å². The van der Waals surface area contributed by atoms with E-state index in [1.54, 1.807) is 18.2 Å². The Kier molecular flexibility index (Phi) is 5.43. The molecule has 142 valence electrons. The molecule has 1 saturated heterocycles. The van der Waals surface area contributed by atoms with Gasteiger partial charge in [-0.05, 0) is 48.6 Å². The maximum Gasteiger partial charge on any atom is 0.266 e. The number of aromatic carboxylic acids is 1. The highest BCUT2D eigenvalue weighted by atomic mass is 35.5. The highest BCUT2D eigenvalue weighted by molar-refractivity contribution is 7.80. The molecule has 0 aliphatic carbocycles. The van der Waals surface area contributed by atoms with Crippen molar-refractivity contribution in [2.45, 2.75) is 0 Å². The Morgan fingerprint density at radius 3 is 2.75 bits per heavy atom. The zero-order chi connectivity index (χ0) is 20.4. The minimum Gasteiger partial charge on any atom is -0.545 e. The van der Waals surface area contributed by atoms with Gasteiger partial charge in [0.05, 0.1) is 5.97 Å². The maximum atomic E-state index is 12.5. The lowest BCUT2D eigenvalue weighted by molar-refractivity contribution is -0.255. The number of nitrogens with zero attached hydrogens (tertiary/aromatic N) is 1. The third-order valence-corrected chi connectivity index (χ3v) is 4.53. The Morgan fingerprint density at radius 1 is 1.32 bits per heavy atom. The molecule has 1 aromatic heterocycles. The number of carbonyl (C=O) groups excluding carboxylic acids is 3. The molecule has 0 radical (unpaired) electrons. The molecule has 1 fully saturated rings. The van der Waals surface area contributed by atoms with E-state index in [2.05, 4.69) is 11.9 Å². The van der Waals surface area contributed by atoms with Crippen molar-refractivity contribution >= 4 is 52.8 Å². The highest BCUT2D eigenvalue weighted by Gasteiger charge is 2.32. The Morgan fingerprint density at radius 2 is 2.07 bits per heavy atom. The van der Waals surface area contributed by atoms with Crippen LogP contribution in [0.15, 0.2) is 53.0 Å². The number of thiocarbonyl (C=S) groups is 1. The molecule has 0 bridgehead atoms. The monoisotopic (exact) mass is 415 g/mol. The molecule has 2 amide bonds. The van der Waals surface area contributed by atoms with E-state index in [1.165, 1.54) is 29.2 Å². The predicted octanol–water partition coefficient (Wildman–Crippen LogP) is 1.78. The van der Waals surface area contributed by atoms with E-state index in [4.69, 9.17) is 28.2 Å². The molecular formula is C19H12ClN2O5S-. The number of nitrogens with one attached hydrogen (secondary N) is 1. The van der Waals surface area contributed by atoms with Crippen LogP contribution < -0.4 is 10.4 Å². The second kappa shape index (κ2) is 7.79. The summed E-state index contributed by atoms with van der Waals surface area (Å²) in [4.78, 5) is 37.0. The van der Waals surface area contributed by atoms with Crippen molar-refractivity contribution in [2.75, 3.05) is 6.54 Å². The molecule has 9 heteroatoms. The zero-order valence-corrected chi connectivity index (χ0v) is 15.8. The second-order valence-electron chi connectivity index (χ2n) is 5.71. The van der Waals surface area contributed by atoms with Crippen LogP contribution >= 0.6 is 23.8 Å². The summed E-state index contributed by atoms with van der Waals surface area (Å²) in [6, 6.07) is 7.42. The van der Waals surface area contributed by atoms with Crippen molar-refractivity contribution in [3.63, 3.8) is 0 Å². The first-order valence-electron chi connectivity index (χ1n) is 7.92. The molecule has 0 spiro atoms. The van der Waals surface area contributed by atoms with E-state index in [0.29, 0.717) is 11.3 Å². The van der Waals surface area contributed by atoms with Gasteiger partial charge in [0.15, 0.2) is 5.11 Å². The maximum absolute atomic E-state index is 12.5. The van der Waals surface area contributed by atoms with Crippen LogP contribution in [0.2, 0.25) is 5.02 Å². The van der Waals surface area contributed by atoms with Crippen molar-refractivity contribution < 1.29 is 23.9 Å². The number of hydrogen-bond acceptors (Lipinski definition) is 6. The molecule has 0 saturated carbocycles. The summed E-state index contributed by atoms with van der Waals surface area (Å²) >= 11 is 10.8. The molecule has 0 unspecified atom stereocenters. The highest BCUT2D eigenvalue weighted by Crippen LogP contribution is 2.27. The van der Waals surface area contributed by atoms with E-state index >= 15 is 0 Å². The second-order valence-corrected chi connectivity index (χ2v) is 6.50. The summed E-state index contributed by atoms with van der Waals surface area (Å²) in [7, 11) is 0. The van der Waals surface area contributed by atoms with Crippen LogP contribution in [-0.4, -0.2) is 34.3 Å². The van der Waals surface area contributed by atoms with Crippen molar-refractivity contribution in [1.82, 2.24) is 10.2 Å². The molecule has 2 heterocycles. The average Bonchev–Trinajstić information content (AvgIpc) is 3.11. The van der Waals surface area contributed by atoms with E-state index in [-0.39, 0.29) is 33.6 Å². The van der Waals surface area contributed by atoms with Gasteiger partial charge in [-0.1, -0.05) is 17.7 Å². The normalized spacial score (nSPS) is 15.7. The lowest BCUT2D eigenvalue weighted by atomic mass is 10.1. The molecular weight excluding hydrogens is 404 g/mol. The Bertz CT molecular complexity index is 1060. The first-order valence-corrected chi connectivity index (χ1v) is 8.71. The topological polar surface area (TPSA) is 103 Å². The molecule has 7 nitrogen and oxygen atoms in total. The SMILES string of the molecule is C=CCN1C(=O)/C(=C/c2ccc(-c3ccc(Cl)c(C(=O)[O-])c3)o2)C(=O)NC1=S. The molecule has 3 rings (SSSR count). The number of rotatable bonds is 5. The van der Waals surface area contributed by atoms with Crippen molar-refractivity contribution in [3.05, 3.63) is 64.9 Å². The molecule has 1 N–H and O–H groups in total. The van der Waals surface area contributed by atoms with Crippen LogP contribution in [0.4, 0.5) is 0 Å². The number of furan rings is 1. The number of carboxylic acid groups (broad SMARTS) is 1. The van der Waals surface area contributed by atoms with E-state index in [9.17, 15) is 19.5 Å². The van der Waals surface area contributed by atoms with Gasteiger partial charge in [-0.25, -0.2) is 0 Å². The van der Waals surface area contributed by atoms with Crippen LogP contribution in [-0.2, 0) is 9.59 Å². The lowest BCUT2D eigenvalue weighted by Gasteiger charge is -2.27. The summed E-state index contributed by atoms with van der Waals surface area (Å²) in [5.74, 6) is -2.07. The summed E-state index contributed by atoms with van der Waals surface area (Å²) < 4.78 is 5.63. The molecule has 1 aliphatic rings. The first-order chi connectivity index (χ1) is 13.3. The van der Waals surface area contributed by atoms with Crippen molar-refractivity contribution in [2.24, 2.45) is 0 Å². The number of carbonyl (C=O) groups is 3. The smallest absolute Gasteiger partial charge is 0.266 e. The largest absolute Gasteiger partial charge is 0.545 e. The number of benzene rings is 1. The van der Waals surface area contributed by atoms with Gasteiger partial charge >= 0.3 is 0 Å². The number of halogens is 1. The molecule has 1 aromatic carbocycles. The number of hydrogen-bond donors (Lipinski definition) is 1. The van der Waals surface area contributed by atoms with Crippen LogP contribution in [0.1, 0.15) is 16.1 Å². The fourth-order valence-corrected chi connectivity index (χ4v) is 3.00. The standard InChI is InChI=1S/C19H13ClN2O5S/c1-2-7-22-17(24)13(16(23)21-19(22)28)9-11-4-6-15(27-11)10-3-5-14(20)12(8-10)18(25)26/h2-6,8-9H,1,7H2,(H,25,26)(H,21,23,28)/p-1/b13-9+. The van der Waals surface area contributed by atoms with Crippen molar-refractivity contribution in [1.29, 1.82) is 0 Å². The quantitative estimate of drug-likeness (QED) is 0.345. The zero-order valence-electron chi connectivity index (χ0n) is 14.2. The third kappa shape index (κ3) is 3.73. The molecule has 1 aliphatic heterocycles. The molecule has 0 atom stereocenters.